The zero-order valence-electron chi connectivity index (χ0n) is 15.6. The number of carbonyl (C=O) groups is 1. The second-order valence-corrected chi connectivity index (χ2v) is 7.41. The fraction of sp³-hybridized carbons (Fsp3) is 0.889. The van der Waals surface area contributed by atoms with Crippen molar-refractivity contribution in [3.63, 3.8) is 0 Å². The summed E-state index contributed by atoms with van der Waals surface area (Å²) in [5, 5.41) is 6.67. The Labute approximate surface area is 146 Å². The Morgan fingerprint density at radius 2 is 1.96 bits per heavy atom. The maximum Gasteiger partial charge on any atom is 0.230 e. The summed E-state index contributed by atoms with van der Waals surface area (Å²) < 4.78 is 5.64. The van der Waals surface area contributed by atoms with Gasteiger partial charge in [0.1, 0.15) is 0 Å². The Morgan fingerprint density at radius 1 is 1.25 bits per heavy atom. The first-order chi connectivity index (χ1) is 11.6. The Balaban J connectivity index is 1.68. The van der Waals surface area contributed by atoms with Gasteiger partial charge >= 0.3 is 0 Å². The summed E-state index contributed by atoms with van der Waals surface area (Å²) in [6, 6.07) is 0. The molecule has 0 heterocycles. The molecular weight excluding hydrogens is 304 g/mol. The van der Waals surface area contributed by atoms with E-state index < -0.39 is 0 Å². The molecule has 2 aliphatic carbocycles. The second kappa shape index (κ2) is 9.25. The largest absolute Gasteiger partial charge is 0.381 e. The monoisotopic (exact) mass is 338 g/mol. The van der Waals surface area contributed by atoms with Gasteiger partial charge < -0.3 is 20.3 Å². The van der Waals surface area contributed by atoms with Gasteiger partial charge in [0.05, 0.1) is 5.41 Å². The summed E-state index contributed by atoms with van der Waals surface area (Å²) in [6.45, 7) is 3.20. The molecule has 2 N–H and O–H groups in total. The van der Waals surface area contributed by atoms with Crippen LogP contribution in [0.5, 0.6) is 0 Å². The van der Waals surface area contributed by atoms with E-state index in [1.54, 1.807) is 11.9 Å². The molecule has 2 aliphatic rings. The summed E-state index contributed by atoms with van der Waals surface area (Å²) in [4.78, 5) is 18.6. The maximum atomic E-state index is 12.6. The zero-order valence-corrected chi connectivity index (χ0v) is 15.6. The highest BCUT2D eigenvalue weighted by Crippen LogP contribution is 2.38. The van der Waals surface area contributed by atoms with Crippen molar-refractivity contribution < 1.29 is 9.53 Å². The Morgan fingerprint density at radius 3 is 2.54 bits per heavy atom. The van der Waals surface area contributed by atoms with E-state index in [0.29, 0.717) is 6.54 Å². The molecule has 0 bridgehead atoms. The van der Waals surface area contributed by atoms with Crippen LogP contribution in [0, 0.1) is 11.3 Å². The van der Waals surface area contributed by atoms with Crippen molar-refractivity contribution in [1.82, 2.24) is 15.5 Å². The molecule has 6 heteroatoms. The molecule has 0 aromatic carbocycles. The average Bonchev–Trinajstić information content (AvgIpc) is 3.28. The molecule has 0 radical (unpaired) electrons. The topological polar surface area (TPSA) is 66.0 Å². The molecule has 1 amide bonds. The second-order valence-electron chi connectivity index (χ2n) is 7.41. The molecular formula is C18H34N4O2. The van der Waals surface area contributed by atoms with Crippen molar-refractivity contribution in [2.45, 2.75) is 44.9 Å². The van der Waals surface area contributed by atoms with Gasteiger partial charge in [0.2, 0.25) is 5.91 Å². The minimum absolute atomic E-state index is 0.233. The highest BCUT2D eigenvalue weighted by molar-refractivity contribution is 5.85. The minimum atomic E-state index is -0.269. The van der Waals surface area contributed by atoms with Gasteiger partial charge in [0.15, 0.2) is 5.96 Å². The number of carbonyl (C=O) groups excluding carboxylic acids is 1. The minimum Gasteiger partial charge on any atom is -0.381 e. The van der Waals surface area contributed by atoms with Crippen molar-refractivity contribution in [2.75, 3.05) is 47.4 Å². The van der Waals surface area contributed by atoms with Crippen LogP contribution in [0.15, 0.2) is 4.99 Å². The lowest BCUT2D eigenvalue weighted by Crippen LogP contribution is -2.49. The van der Waals surface area contributed by atoms with Gasteiger partial charge in [-0.3, -0.25) is 9.79 Å². The predicted molar refractivity (Wildman–Crippen MR) is 97.1 cm³/mol. The average molecular weight is 338 g/mol. The van der Waals surface area contributed by atoms with E-state index in [-0.39, 0.29) is 11.3 Å². The highest BCUT2D eigenvalue weighted by Gasteiger charge is 2.42. The smallest absolute Gasteiger partial charge is 0.230 e. The number of amides is 1. The summed E-state index contributed by atoms with van der Waals surface area (Å²) in [5.41, 5.74) is -0.269. The number of nitrogens with one attached hydrogen (secondary N) is 2. The fourth-order valence-corrected chi connectivity index (χ4v) is 3.38. The van der Waals surface area contributed by atoms with Gasteiger partial charge in [-0.1, -0.05) is 12.8 Å². The van der Waals surface area contributed by atoms with Crippen molar-refractivity contribution in [3.8, 4) is 0 Å². The molecule has 138 valence electrons. The van der Waals surface area contributed by atoms with Gasteiger partial charge in [0, 0.05) is 47.4 Å². The summed E-state index contributed by atoms with van der Waals surface area (Å²) >= 11 is 0. The van der Waals surface area contributed by atoms with Gasteiger partial charge in [-0.2, -0.15) is 0 Å². The first-order valence-electron chi connectivity index (χ1n) is 9.31. The van der Waals surface area contributed by atoms with E-state index in [9.17, 15) is 4.79 Å². The van der Waals surface area contributed by atoms with Crippen LogP contribution in [0.3, 0.4) is 0 Å². The Bertz CT molecular complexity index is 427. The quantitative estimate of drug-likeness (QED) is 0.381. The molecule has 0 aromatic rings. The van der Waals surface area contributed by atoms with Crippen molar-refractivity contribution >= 4 is 11.9 Å². The highest BCUT2D eigenvalue weighted by atomic mass is 16.5. The lowest BCUT2D eigenvalue weighted by atomic mass is 9.84. The lowest BCUT2D eigenvalue weighted by Gasteiger charge is -2.31. The molecule has 2 fully saturated rings. The lowest BCUT2D eigenvalue weighted by molar-refractivity contribution is -0.138. The van der Waals surface area contributed by atoms with E-state index in [1.165, 1.54) is 12.8 Å². The summed E-state index contributed by atoms with van der Waals surface area (Å²) in [7, 11) is 5.46. The van der Waals surface area contributed by atoms with Gasteiger partial charge in [-0.25, -0.2) is 0 Å². The standard InChI is InChI=1S/C18H34N4O2/c1-19-17(20-11-6-12-24-13-15-7-8-15)21-14-18(9-4-5-10-18)16(23)22(2)3/h15H,4-14H2,1-3H3,(H2,19,20,21). The molecule has 2 saturated carbocycles. The van der Waals surface area contributed by atoms with Crippen molar-refractivity contribution in [3.05, 3.63) is 0 Å². The van der Waals surface area contributed by atoms with Crippen LogP contribution in [-0.4, -0.2) is 64.2 Å². The van der Waals surface area contributed by atoms with Gasteiger partial charge in [0.25, 0.3) is 0 Å². The van der Waals surface area contributed by atoms with Crippen LogP contribution >= 0.6 is 0 Å². The number of guanidine groups is 1. The third-order valence-corrected chi connectivity index (χ3v) is 5.05. The third kappa shape index (κ3) is 5.65. The van der Waals surface area contributed by atoms with Crippen LogP contribution in [0.2, 0.25) is 0 Å². The van der Waals surface area contributed by atoms with Crippen LogP contribution in [0.4, 0.5) is 0 Å². The maximum absolute atomic E-state index is 12.6. The van der Waals surface area contributed by atoms with E-state index in [2.05, 4.69) is 15.6 Å². The fourth-order valence-electron chi connectivity index (χ4n) is 3.38. The number of ether oxygens (including phenoxy) is 1. The van der Waals surface area contributed by atoms with Crippen LogP contribution in [0.25, 0.3) is 0 Å². The summed E-state index contributed by atoms with van der Waals surface area (Å²) in [5.74, 6) is 1.83. The molecule has 0 saturated heterocycles. The SMILES string of the molecule is CN=C(NCCCOCC1CC1)NCC1(C(=O)N(C)C)CCCC1. The van der Waals surface area contributed by atoms with E-state index in [1.807, 2.05) is 14.1 Å². The Kier molecular flexibility index (Phi) is 7.34. The molecule has 2 rings (SSSR count). The Hall–Kier alpha value is -1.30. The number of aliphatic imine (C=N–C) groups is 1. The number of nitrogens with zero attached hydrogens (tertiary/aromatic N) is 2. The van der Waals surface area contributed by atoms with Crippen LogP contribution in [-0.2, 0) is 9.53 Å². The predicted octanol–water partition coefficient (Wildman–Crippen LogP) is 1.62. The molecule has 0 atom stereocenters. The first-order valence-corrected chi connectivity index (χ1v) is 9.31. The molecule has 0 unspecified atom stereocenters. The van der Waals surface area contributed by atoms with Crippen LogP contribution in [0.1, 0.15) is 44.9 Å². The van der Waals surface area contributed by atoms with Gasteiger partial charge in [-0.05, 0) is 38.0 Å². The number of rotatable bonds is 9. The zero-order chi connectivity index (χ0) is 17.4. The molecule has 6 nitrogen and oxygen atoms in total. The van der Waals surface area contributed by atoms with E-state index in [0.717, 1.165) is 63.7 Å². The molecule has 0 aliphatic heterocycles. The van der Waals surface area contributed by atoms with Crippen molar-refractivity contribution in [2.24, 2.45) is 16.3 Å². The normalized spacial score (nSPS) is 20.0. The third-order valence-electron chi connectivity index (χ3n) is 5.05. The number of hydrogen-bond donors (Lipinski definition) is 2. The van der Waals surface area contributed by atoms with E-state index >= 15 is 0 Å². The number of hydrogen-bond acceptors (Lipinski definition) is 3. The van der Waals surface area contributed by atoms with E-state index in [4.69, 9.17) is 4.74 Å². The first kappa shape index (κ1) is 19.0. The van der Waals surface area contributed by atoms with Gasteiger partial charge in [-0.15, -0.1) is 0 Å². The molecule has 24 heavy (non-hydrogen) atoms. The molecule has 0 aromatic heterocycles. The van der Waals surface area contributed by atoms with Crippen molar-refractivity contribution in [1.29, 1.82) is 0 Å². The molecule has 0 spiro atoms. The summed E-state index contributed by atoms with van der Waals surface area (Å²) in [6.07, 6.45) is 7.82. The van der Waals surface area contributed by atoms with Crippen LogP contribution < -0.4 is 10.6 Å².